The summed E-state index contributed by atoms with van der Waals surface area (Å²) in [6.07, 6.45) is 0. The van der Waals surface area contributed by atoms with Gasteiger partial charge < -0.3 is 15.2 Å². The fourth-order valence-electron chi connectivity index (χ4n) is 1.04. The maximum Gasteiger partial charge on any atom is 0.323 e. The van der Waals surface area contributed by atoms with E-state index in [1.807, 2.05) is 13.8 Å². The van der Waals surface area contributed by atoms with E-state index in [-0.39, 0.29) is 24.5 Å². The Balaban J connectivity index is 3.80. The second-order valence-electron chi connectivity index (χ2n) is 3.46. The lowest BCUT2D eigenvalue weighted by molar-refractivity contribution is -0.142. The zero-order valence-corrected chi connectivity index (χ0v) is 10.5. The Morgan fingerprint density at radius 3 is 2.67 bits per heavy atom. The molecule has 0 aromatic heterocycles. The van der Waals surface area contributed by atoms with Crippen molar-refractivity contribution in [2.75, 3.05) is 31.8 Å². The smallest absolute Gasteiger partial charge is 0.323 e. The fourth-order valence-corrected chi connectivity index (χ4v) is 2.17. The molecule has 2 atom stereocenters. The van der Waals surface area contributed by atoms with Crippen LogP contribution in [0.4, 0.5) is 0 Å². The molecule has 0 amide bonds. The first-order valence-corrected chi connectivity index (χ1v) is 6.30. The predicted octanol–water partition coefficient (Wildman–Crippen LogP) is 0.499. The first-order valence-electron chi connectivity index (χ1n) is 5.15. The van der Waals surface area contributed by atoms with Crippen LogP contribution in [0.2, 0.25) is 0 Å². The molecular formula is C10H21NO3S. The molecule has 0 aromatic rings. The van der Waals surface area contributed by atoms with Gasteiger partial charge in [-0.25, -0.2) is 0 Å². The number of ether oxygens (including phenoxy) is 1. The van der Waals surface area contributed by atoms with Crippen LogP contribution >= 0.6 is 11.8 Å². The minimum atomic E-state index is -0.240. The molecule has 0 aliphatic rings. The van der Waals surface area contributed by atoms with Crippen LogP contribution in [0.25, 0.3) is 0 Å². The van der Waals surface area contributed by atoms with Gasteiger partial charge in [0.2, 0.25) is 0 Å². The van der Waals surface area contributed by atoms with Crippen LogP contribution in [0, 0.1) is 5.92 Å². The van der Waals surface area contributed by atoms with Crippen LogP contribution in [-0.4, -0.2) is 48.9 Å². The molecule has 0 saturated heterocycles. The van der Waals surface area contributed by atoms with E-state index >= 15 is 0 Å². The second kappa shape index (κ2) is 9.00. The van der Waals surface area contributed by atoms with Crippen molar-refractivity contribution in [3.63, 3.8) is 0 Å². The lowest BCUT2D eigenvalue weighted by Gasteiger charge is -2.15. The highest BCUT2D eigenvalue weighted by molar-refractivity contribution is 7.99. The van der Waals surface area contributed by atoms with Crippen LogP contribution in [0.1, 0.15) is 13.8 Å². The van der Waals surface area contributed by atoms with Crippen LogP contribution in [0.15, 0.2) is 0 Å². The Hall–Kier alpha value is -0.260. The molecule has 4 nitrogen and oxygen atoms in total. The van der Waals surface area contributed by atoms with E-state index in [1.165, 1.54) is 7.11 Å². The zero-order chi connectivity index (χ0) is 11.7. The van der Waals surface area contributed by atoms with Crippen molar-refractivity contribution in [1.29, 1.82) is 0 Å². The summed E-state index contributed by atoms with van der Waals surface area (Å²) in [6.45, 7) is 4.87. The van der Waals surface area contributed by atoms with E-state index in [1.54, 1.807) is 11.8 Å². The summed E-state index contributed by atoms with van der Waals surface area (Å²) in [5.74, 6) is 1.59. The molecule has 0 aliphatic carbocycles. The number of hydrogen-bond acceptors (Lipinski definition) is 5. The summed E-state index contributed by atoms with van der Waals surface area (Å²) in [7, 11) is 1.40. The van der Waals surface area contributed by atoms with Gasteiger partial charge in [0, 0.05) is 12.4 Å². The SMILES string of the molecule is CCNC(CSCC(C)CO)C(=O)OC. The first-order chi connectivity index (χ1) is 7.15. The van der Waals surface area contributed by atoms with Gasteiger partial charge in [-0.2, -0.15) is 11.8 Å². The van der Waals surface area contributed by atoms with Gasteiger partial charge in [0.25, 0.3) is 0 Å². The van der Waals surface area contributed by atoms with Gasteiger partial charge >= 0.3 is 5.97 Å². The van der Waals surface area contributed by atoms with Gasteiger partial charge in [-0.3, -0.25) is 4.79 Å². The van der Waals surface area contributed by atoms with E-state index in [0.717, 1.165) is 12.3 Å². The third-order valence-corrected chi connectivity index (χ3v) is 3.31. The van der Waals surface area contributed by atoms with Gasteiger partial charge in [0.05, 0.1) is 7.11 Å². The number of carbonyl (C=O) groups excluding carboxylic acids is 1. The van der Waals surface area contributed by atoms with Crippen molar-refractivity contribution < 1.29 is 14.6 Å². The molecule has 90 valence electrons. The van der Waals surface area contributed by atoms with Crippen molar-refractivity contribution in [3.05, 3.63) is 0 Å². The summed E-state index contributed by atoms with van der Waals surface area (Å²) < 4.78 is 4.68. The third kappa shape index (κ3) is 6.76. The highest BCUT2D eigenvalue weighted by atomic mass is 32.2. The quantitative estimate of drug-likeness (QED) is 0.600. The molecule has 0 heterocycles. The van der Waals surface area contributed by atoms with E-state index in [0.29, 0.717) is 5.75 Å². The number of aliphatic hydroxyl groups excluding tert-OH is 1. The monoisotopic (exact) mass is 235 g/mol. The number of aliphatic hydroxyl groups is 1. The average molecular weight is 235 g/mol. The number of rotatable bonds is 8. The van der Waals surface area contributed by atoms with Crippen molar-refractivity contribution in [3.8, 4) is 0 Å². The van der Waals surface area contributed by atoms with Crippen LogP contribution in [0.5, 0.6) is 0 Å². The van der Waals surface area contributed by atoms with Crippen molar-refractivity contribution >= 4 is 17.7 Å². The van der Waals surface area contributed by atoms with Crippen molar-refractivity contribution in [1.82, 2.24) is 5.32 Å². The Labute approximate surface area is 95.8 Å². The highest BCUT2D eigenvalue weighted by Gasteiger charge is 2.17. The maximum atomic E-state index is 11.3. The molecule has 0 spiro atoms. The minimum Gasteiger partial charge on any atom is -0.468 e. The molecule has 0 bridgehead atoms. The zero-order valence-electron chi connectivity index (χ0n) is 9.66. The number of thioether (sulfide) groups is 1. The Morgan fingerprint density at radius 1 is 1.53 bits per heavy atom. The van der Waals surface area contributed by atoms with E-state index in [4.69, 9.17) is 5.11 Å². The van der Waals surface area contributed by atoms with Crippen molar-refractivity contribution in [2.45, 2.75) is 19.9 Å². The standard InChI is InChI=1S/C10H21NO3S/c1-4-11-9(10(13)14-3)7-15-6-8(2)5-12/h8-9,11-12H,4-7H2,1-3H3. The van der Waals surface area contributed by atoms with Gasteiger partial charge in [-0.05, 0) is 18.2 Å². The molecule has 0 saturated carbocycles. The maximum absolute atomic E-state index is 11.3. The highest BCUT2D eigenvalue weighted by Crippen LogP contribution is 2.09. The second-order valence-corrected chi connectivity index (χ2v) is 4.53. The number of nitrogens with one attached hydrogen (secondary N) is 1. The Kier molecular flexibility index (Phi) is 8.85. The minimum absolute atomic E-state index is 0.192. The number of esters is 1. The molecule has 0 aliphatic heterocycles. The van der Waals surface area contributed by atoms with Crippen LogP contribution < -0.4 is 5.32 Å². The third-order valence-electron chi connectivity index (χ3n) is 1.93. The number of methoxy groups -OCH3 is 1. The summed E-state index contributed by atoms with van der Waals surface area (Å²) in [5, 5.41) is 11.9. The van der Waals surface area contributed by atoms with E-state index in [9.17, 15) is 4.79 Å². The lowest BCUT2D eigenvalue weighted by atomic mass is 10.2. The molecule has 5 heteroatoms. The normalized spacial score (nSPS) is 14.7. The molecule has 0 aromatic carbocycles. The Morgan fingerprint density at radius 2 is 2.20 bits per heavy atom. The number of hydrogen-bond donors (Lipinski definition) is 2. The molecule has 0 rings (SSSR count). The summed E-state index contributed by atoms with van der Waals surface area (Å²) in [6, 6.07) is -0.240. The number of carbonyl (C=O) groups is 1. The first kappa shape index (κ1) is 14.7. The van der Waals surface area contributed by atoms with Gasteiger partial charge in [-0.15, -0.1) is 0 Å². The molecule has 2 N–H and O–H groups in total. The molecule has 0 radical (unpaired) electrons. The lowest BCUT2D eigenvalue weighted by Crippen LogP contribution is -2.39. The summed E-state index contributed by atoms with van der Waals surface area (Å²) in [5.41, 5.74) is 0. The van der Waals surface area contributed by atoms with Crippen LogP contribution in [0.3, 0.4) is 0 Å². The Bertz CT molecular complexity index is 178. The summed E-state index contributed by atoms with van der Waals surface area (Å²) in [4.78, 5) is 11.3. The van der Waals surface area contributed by atoms with Gasteiger partial charge in [-0.1, -0.05) is 13.8 Å². The van der Waals surface area contributed by atoms with Gasteiger partial charge in [0.15, 0.2) is 0 Å². The predicted molar refractivity (Wildman–Crippen MR) is 63.1 cm³/mol. The molecule has 0 fully saturated rings. The van der Waals surface area contributed by atoms with Gasteiger partial charge in [0.1, 0.15) is 6.04 Å². The fraction of sp³-hybridized carbons (Fsp3) is 0.900. The molecular weight excluding hydrogens is 214 g/mol. The molecule has 2 unspecified atom stereocenters. The van der Waals surface area contributed by atoms with Crippen molar-refractivity contribution in [2.24, 2.45) is 5.92 Å². The topological polar surface area (TPSA) is 58.6 Å². The molecule has 15 heavy (non-hydrogen) atoms. The number of likely N-dealkylation sites (N-methyl/N-ethyl adjacent to an activating group) is 1. The summed E-state index contributed by atoms with van der Waals surface area (Å²) >= 11 is 1.65. The van der Waals surface area contributed by atoms with E-state index in [2.05, 4.69) is 10.1 Å². The van der Waals surface area contributed by atoms with E-state index < -0.39 is 0 Å². The largest absolute Gasteiger partial charge is 0.468 e. The van der Waals surface area contributed by atoms with Crippen LogP contribution in [-0.2, 0) is 9.53 Å². The average Bonchev–Trinajstić information content (AvgIpc) is 2.26.